The lowest BCUT2D eigenvalue weighted by molar-refractivity contribution is 0.102. The molecule has 0 aliphatic heterocycles. The van der Waals surface area contributed by atoms with Crippen LogP contribution in [-0.4, -0.2) is 30.3 Å². The summed E-state index contributed by atoms with van der Waals surface area (Å²) in [4.78, 5) is 12.2. The second-order valence-corrected chi connectivity index (χ2v) is 5.66. The molecule has 21 heavy (non-hydrogen) atoms. The van der Waals surface area contributed by atoms with E-state index in [1.54, 1.807) is 18.2 Å². The molecule has 0 radical (unpaired) electrons. The molecule has 0 saturated carbocycles. The highest BCUT2D eigenvalue weighted by Gasteiger charge is 2.13. The Balaban J connectivity index is 2.19. The third-order valence-corrected chi connectivity index (χ3v) is 3.91. The standard InChI is InChI=1S/C14H17N3O3S/c1-8(2)13-16-17-14(21-13)15-12(18)9-5-10(19-3)7-11(6-9)20-4/h5-8H,1-4H3,(H,15,17,18). The second-order valence-electron chi connectivity index (χ2n) is 4.66. The van der Waals surface area contributed by atoms with Crippen LogP contribution in [0.15, 0.2) is 18.2 Å². The number of benzene rings is 1. The van der Waals surface area contributed by atoms with Gasteiger partial charge in [-0.3, -0.25) is 10.1 Å². The molecule has 0 atom stereocenters. The number of aromatic nitrogens is 2. The van der Waals surface area contributed by atoms with Gasteiger partial charge in [0.05, 0.1) is 14.2 Å². The van der Waals surface area contributed by atoms with Crippen molar-refractivity contribution >= 4 is 22.4 Å². The number of hydrogen-bond donors (Lipinski definition) is 1. The van der Waals surface area contributed by atoms with Crippen molar-refractivity contribution in [3.8, 4) is 11.5 Å². The van der Waals surface area contributed by atoms with Gasteiger partial charge >= 0.3 is 0 Å². The summed E-state index contributed by atoms with van der Waals surface area (Å²) in [5, 5.41) is 12.1. The van der Waals surface area contributed by atoms with Crippen LogP contribution in [0.3, 0.4) is 0 Å². The highest BCUT2D eigenvalue weighted by Crippen LogP contribution is 2.25. The average molecular weight is 307 g/mol. The summed E-state index contributed by atoms with van der Waals surface area (Å²) in [6, 6.07) is 4.99. The first-order valence-corrected chi connectivity index (χ1v) is 7.23. The lowest BCUT2D eigenvalue weighted by atomic mass is 10.2. The molecule has 1 amide bonds. The van der Waals surface area contributed by atoms with Crippen LogP contribution in [-0.2, 0) is 0 Å². The predicted molar refractivity (Wildman–Crippen MR) is 81.5 cm³/mol. The van der Waals surface area contributed by atoms with E-state index in [1.165, 1.54) is 25.6 Å². The zero-order chi connectivity index (χ0) is 15.4. The van der Waals surface area contributed by atoms with Crippen molar-refractivity contribution in [3.05, 3.63) is 28.8 Å². The number of ether oxygens (including phenoxy) is 2. The van der Waals surface area contributed by atoms with E-state index in [9.17, 15) is 4.79 Å². The van der Waals surface area contributed by atoms with Crippen molar-refractivity contribution in [2.24, 2.45) is 0 Å². The summed E-state index contributed by atoms with van der Waals surface area (Å²) in [6.07, 6.45) is 0. The Morgan fingerprint density at radius 1 is 1.14 bits per heavy atom. The largest absolute Gasteiger partial charge is 0.497 e. The van der Waals surface area contributed by atoms with Gasteiger partial charge in [-0.05, 0) is 12.1 Å². The topological polar surface area (TPSA) is 73.3 Å². The van der Waals surface area contributed by atoms with Gasteiger partial charge in [0, 0.05) is 17.5 Å². The molecule has 0 saturated heterocycles. The summed E-state index contributed by atoms with van der Waals surface area (Å²) < 4.78 is 10.3. The van der Waals surface area contributed by atoms with Gasteiger partial charge in [0.2, 0.25) is 5.13 Å². The van der Waals surface area contributed by atoms with Crippen molar-refractivity contribution < 1.29 is 14.3 Å². The van der Waals surface area contributed by atoms with E-state index in [-0.39, 0.29) is 11.8 Å². The highest BCUT2D eigenvalue weighted by atomic mass is 32.1. The van der Waals surface area contributed by atoms with Gasteiger partial charge in [-0.1, -0.05) is 25.2 Å². The molecule has 1 aromatic carbocycles. The van der Waals surface area contributed by atoms with Gasteiger partial charge in [0.25, 0.3) is 5.91 Å². The molecule has 2 aromatic rings. The van der Waals surface area contributed by atoms with Crippen molar-refractivity contribution in [3.63, 3.8) is 0 Å². The van der Waals surface area contributed by atoms with Gasteiger partial charge < -0.3 is 9.47 Å². The normalized spacial score (nSPS) is 10.5. The van der Waals surface area contributed by atoms with E-state index >= 15 is 0 Å². The van der Waals surface area contributed by atoms with Gasteiger partial charge in [0.1, 0.15) is 16.5 Å². The fourth-order valence-corrected chi connectivity index (χ4v) is 2.37. The molecule has 0 unspecified atom stereocenters. The molecule has 1 heterocycles. The van der Waals surface area contributed by atoms with Gasteiger partial charge in [-0.25, -0.2) is 0 Å². The smallest absolute Gasteiger partial charge is 0.257 e. The molecule has 0 spiro atoms. The second kappa shape index (κ2) is 6.53. The quantitative estimate of drug-likeness (QED) is 0.919. The van der Waals surface area contributed by atoms with E-state index in [2.05, 4.69) is 15.5 Å². The highest BCUT2D eigenvalue weighted by molar-refractivity contribution is 7.15. The number of hydrogen-bond acceptors (Lipinski definition) is 6. The number of nitrogens with one attached hydrogen (secondary N) is 1. The number of nitrogens with zero attached hydrogens (tertiary/aromatic N) is 2. The molecule has 0 aliphatic carbocycles. The summed E-state index contributed by atoms with van der Waals surface area (Å²) in [5.41, 5.74) is 0.437. The number of carbonyl (C=O) groups is 1. The molecule has 7 heteroatoms. The molecule has 0 aliphatic rings. The summed E-state index contributed by atoms with van der Waals surface area (Å²) in [5.74, 6) is 1.11. The Morgan fingerprint density at radius 2 is 1.76 bits per heavy atom. The van der Waals surface area contributed by atoms with Crippen LogP contribution in [0.4, 0.5) is 5.13 Å². The Morgan fingerprint density at radius 3 is 2.24 bits per heavy atom. The zero-order valence-corrected chi connectivity index (χ0v) is 13.2. The summed E-state index contributed by atoms with van der Waals surface area (Å²) in [6.45, 7) is 4.05. The number of anilines is 1. The van der Waals surface area contributed by atoms with Crippen molar-refractivity contribution in [1.29, 1.82) is 0 Å². The van der Waals surface area contributed by atoms with Crippen LogP contribution in [0, 0.1) is 0 Å². The maximum absolute atomic E-state index is 12.2. The molecular formula is C14H17N3O3S. The summed E-state index contributed by atoms with van der Waals surface area (Å²) >= 11 is 1.37. The molecule has 2 rings (SSSR count). The van der Waals surface area contributed by atoms with Crippen LogP contribution in [0.2, 0.25) is 0 Å². The number of methoxy groups -OCH3 is 2. The van der Waals surface area contributed by atoms with E-state index in [4.69, 9.17) is 9.47 Å². The maximum Gasteiger partial charge on any atom is 0.257 e. The van der Waals surface area contributed by atoms with Crippen LogP contribution in [0.25, 0.3) is 0 Å². The molecule has 6 nitrogen and oxygen atoms in total. The fourth-order valence-electron chi connectivity index (χ4n) is 1.63. The monoisotopic (exact) mass is 307 g/mol. The zero-order valence-electron chi connectivity index (χ0n) is 12.3. The molecule has 0 bridgehead atoms. The molecule has 112 valence electrons. The molecule has 1 N–H and O–H groups in total. The Bertz CT molecular complexity index is 618. The van der Waals surface area contributed by atoms with Gasteiger partial charge in [0.15, 0.2) is 0 Å². The van der Waals surface area contributed by atoms with E-state index in [0.717, 1.165) is 5.01 Å². The summed E-state index contributed by atoms with van der Waals surface area (Å²) in [7, 11) is 3.08. The minimum atomic E-state index is -0.279. The number of carbonyl (C=O) groups excluding carboxylic acids is 1. The first-order valence-electron chi connectivity index (χ1n) is 6.41. The molecular weight excluding hydrogens is 290 g/mol. The maximum atomic E-state index is 12.2. The van der Waals surface area contributed by atoms with Crippen molar-refractivity contribution in [1.82, 2.24) is 10.2 Å². The van der Waals surface area contributed by atoms with Gasteiger partial charge in [-0.2, -0.15) is 0 Å². The van der Waals surface area contributed by atoms with E-state index in [0.29, 0.717) is 22.2 Å². The SMILES string of the molecule is COc1cc(OC)cc(C(=O)Nc2nnc(C(C)C)s2)c1. The van der Waals surface area contributed by atoms with Crippen molar-refractivity contribution in [2.45, 2.75) is 19.8 Å². The number of amides is 1. The van der Waals surface area contributed by atoms with Crippen LogP contribution in [0.1, 0.15) is 35.1 Å². The Hall–Kier alpha value is -2.15. The minimum absolute atomic E-state index is 0.279. The third-order valence-electron chi connectivity index (χ3n) is 2.77. The lowest BCUT2D eigenvalue weighted by Gasteiger charge is -2.07. The lowest BCUT2D eigenvalue weighted by Crippen LogP contribution is -2.12. The first-order chi connectivity index (χ1) is 10.0. The van der Waals surface area contributed by atoms with E-state index in [1.807, 2.05) is 13.8 Å². The van der Waals surface area contributed by atoms with E-state index < -0.39 is 0 Å². The Kier molecular flexibility index (Phi) is 4.74. The van der Waals surface area contributed by atoms with Crippen LogP contribution in [0.5, 0.6) is 11.5 Å². The minimum Gasteiger partial charge on any atom is -0.497 e. The average Bonchev–Trinajstić information content (AvgIpc) is 2.95. The van der Waals surface area contributed by atoms with Gasteiger partial charge in [-0.15, -0.1) is 10.2 Å². The molecule has 0 fully saturated rings. The van der Waals surface area contributed by atoms with Crippen molar-refractivity contribution in [2.75, 3.05) is 19.5 Å². The third kappa shape index (κ3) is 3.69. The molecule has 1 aromatic heterocycles. The van der Waals surface area contributed by atoms with Crippen LogP contribution >= 0.6 is 11.3 Å². The Labute approximate surface area is 127 Å². The predicted octanol–water partition coefficient (Wildman–Crippen LogP) is 2.93. The first kappa shape index (κ1) is 15.2. The van der Waals surface area contributed by atoms with Crippen LogP contribution < -0.4 is 14.8 Å². The fraction of sp³-hybridized carbons (Fsp3) is 0.357. The number of rotatable bonds is 5.